The number of pyridine rings is 1. The standard InChI is InChI=1S/C31H28ClFN2O3/c32-24-11-14-26-20(18-24)5-3-6-28(26)35-31(38)22-10-15-27-23(17-22)16-21(4-1-2-7-29(36)37)30(34-27)19-8-12-25(33)13-9-19/h8-18,28H,1-7H2,(H,35,38)(H,36,37)/t28-/m1/s1. The zero-order valence-corrected chi connectivity index (χ0v) is 21.6. The first-order valence-electron chi connectivity index (χ1n) is 12.9. The summed E-state index contributed by atoms with van der Waals surface area (Å²) >= 11 is 6.17. The van der Waals surface area contributed by atoms with Crippen LogP contribution in [0.15, 0.2) is 66.7 Å². The molecule has 38 heavy (non-hydrogen) atoms. The number of aromatic nitrogens is 1. The minimum absolute atomic E-state index is 0.0667. The topological polar surface area (TPSA) is 79.3 Å². The van der Waals surface area contributed by atoms with Gasteiger partial charge in [-0.3, -0.25) is 9.59 Å². The molecule has 0 unspecified atom stereocenters. The third-order valence-corrected chi connectivity index (χ3v) is 7.32. The molecule has 3 aromatic carbocycles. The van der Waals surface area contributed by atoms with Crippen LogP contribution in [0.4, 0.5) is 4.39 Å². The average molecular weight is 531 g/mol. The van der Waals surface area contributed by atoms with Crippen molar-refractivity contribution in [2.75, 3.05) is 0 Å². The van der Waals surface area contributed by atoms with E-state index in [1.54, 1.807) is 18.2 Å². The lowest BCUT2D eigenvalue weighted by molar-refractivity contribution is -0.137. The number of fused-ring (bicyclic) bond motifs is 2. The van der Waals surface area contributed by atoms with Crippen molar-refractivity contribution < 1.29 is 19.1 Å². The Morgan fingerprint density at radius 1 is 1.03 bits per heavy atom. The van der Waals surface area contributed by atoms with E-state index in [9.17, 15) is 14.0 Å². The number of nitrogens with zero attached hydrogens (tertiary/aromatic N) is 1. The third-order valence-electron chi connectivity index (χ3n) is 7.08. The molecular weight excluding hydrogens is 503 g/mol. The molecule has 1 atom stereocenters. The molecule has 1 amide bonds. The highest BCUT2D eigenvalue weighted by Crippen LogP contribution is 2.32. The molecule has 0 spiro atoms. The second-order valence-corrected chi connectivity index (χ2v) is 10.2. The Morgan fingerprint density at radius 3 is 2.63 bits per heavy atom. The molecule has 4 aromatic rings. The molecule has 0 saturated heterocycles. The van der Waals surface area contributed by atoms with E-state index in [0.717, 1.165) is 52.5 Å². The highest BCUT2D eigenvalue weighted by molar-refractivity contribution is 6.30. The Labute approximate surface area is 225 Å². The van der Waals surface area contributed by atoms with Gasteiger partial charge in [0.15, 0.2) is 0 Å². The largest absolute Gasteiger partial charge is 0.481 e. The normalized spacial score (nSPS) is 14.7. The minimum Gasteiger partial charge on any atom is -0.481 e. The van der Waals surface area contributed by atoms with E-state index in [2.05, 4.69) is 5.32 Å². The van der Waals surface area contributed by atoms with Crippen molar-refractivity contribution in [2.24, 2.45) is 0 Å². The maximum Gasteiger partial charge on any atom is 0.303 e. The van der Waals surface area contributed by atoms with Gasteiger partial charge in [0.1, 0.15) is 5.82 Å². The van der Waals surface area contributed by atoms with Crippen LogP contribution in [-0.4, -0.2) is 22.0 Å². The minimum atomic E-state index is -0.820. The number of halogens is 2. The van der Waals surface area contributed by atoms with Crippen molar-refractivity contribution in [3.8, 4) is 11.3 Å². The predicted molar refractivity (Wildman–Crippen MR) is 147 cm³/mol. The first kappa shape index (κ1) is 25.9. The van der Waals surface area contributed by atoms with E-state index in [1.165, 1.54) is 17.7 Å². The highest BCUT2D eigenvalue weighted by Gasteiger charge is 2.23. The fraction of sp³-hybridized carbons (Fsp3) is 0.258. The number of nitrogens with one attached hydrogen (secondary N) is 1. The fourth-order valence-corrected chi connectivity index (χ4v) is 5.37. The van der Waals surface area contributed by atoms with Gasteiger partial charge >= 0.3 is 5.97 Å². The van der Waals surface area contributed by atoms with Crippen LogP contribution in [0.2, 0.25) is 5.02 Å². The molecule has 0 bridgehead atoms. The number of hydrogen-bond acceptors (Lipinski definition) is 3. The van der Waals surface area contributed by atoms with E-state index in [-0.39, 0.29) is 24.2 Å². The maximum atomic E-state index is 13.5. The summed E-state index contributed by atoms with van der Waals surface area (Å²) < 4.78 is 13.5. The number of amides is 1. The molecule has 5 rings (SSSR count). The van der Waals surface area contributed by atoms with Crippen LogP contribution < -0.4 is 5.32 Å². The van der Waals surface area contributed by atoms with Gasteiger partial charge in [0.25, 0.3) is 5.91 Å². The number of unbranched alkanes of at least 4 members (excludes halogenated alkanes) is 1. The Hall–Kier alpha value is -3.77. The third kappa shape index (κ3) is 5.86. The zero-order chi connectivity index (χ0) is 26.6. The first-order valence-corrected chi connectivity index (χ1v) is 13.3. The van der Waals surface area contributed by atoms with E-state index in [1.807, 2.05) is 36.4 Å². The quantitative estimate of drug-likeness (QED) is 0.234. The molecule has 0 saturated carbocycles. The second-order valence-electron chi connectivity index (χ2n) is 9.77. The number of benzene rings is 3. The summed E-state index contributed by atoms with van der Waals surface area (Å²) in [4.78, 5) is 29.1. The molecule has 1 aromatic heterocycles. The molecule has 2 N–H and O–H groups in total. The van der Waals surface area contributed by atoms with Gasteiger partial charge in [0, 0.05) is 28.0 Å². The summed E-state index contributed by atoms with van der Waals surface area (Å²) in [5.74, 6) is -1.29. The maximum absolute atomic E-state index is 13.5. The van der Waals surface area contributed by atoms with Crippen molar-refractivity contribution in [3.63, 3.8) is 0 Å². The number of carboxylic acid groups (broad SMARTS) is 1. The molecule has 0 fully saturated rings. The summed E-state index contributed by atoms with van der Waals surface area (Å²) in [6.45, 7) is 0. The van der Waals surface area contributed by atoms with Gasteiger partial charge < -0.3 is 10.4 Å². The zero-order valence-electron chi connectivity index (χ0n) is 20.8. The lowest BCUT2D eigenvalue weighted by Crippen LogP contribution is -2.31. The van der Waals surface area contributed by atoms with Gasteiger partial charge in [-0.1, -0.05) is 17.7 Å². The smallest absolute Gasteiger partial charge is 0.303 e. The molecule has 0 radical (unpaired) electrons. The predicted octanol–water partition coefficient (Wildman–Crippen LogP) is 7.30. The highest BCUT2D eigenvalue weighted by atomic mass is 35.5. The number of rotatable bonds is 8. The monoisotopic (exact) mass is 530 g/mol. The second kappa shape index (κ2) is 11.3. The molecule has 1 aliphatic rings. The molecule has 5 nitrogen and oxygen atoms in total. The van der Waals surface area contributed by atoms with Gasteiger partial charge in [-0.15, -0.1) is 0 Å². The molecule has 7 heteroatoms. The summed E-state index contributed by atoms with van der Waals surface area (Å²) in [5.41, 5.74) is 6.04. The molecule has 1 aliphatic carbocycles. The van der Waals surface area contributed by atoms with Crippen LogP contribution in [0.1, 0.15) is 65.2 Å². The van der Waals surface area contributed by atoms with Gasteiger partial charge in [-0.25, -0.2) is 9.37 Å². The van der Waals surface area contributed by atoms with Crippen molar-refractivity contribution in [3.05, 3.63) is 99.8 Å². The van der Waals surface area contributed by atoms with Crippen molar-refractivity contribution in [2.45, 2.75) is 51.0 Å². The summed E-state index contributed by atoms with van der Waals surface area (Å²) in [6, 6.07) is 19.4. The number of carboxylic acids is 1. The molecule has 1 heterocycles. The Balaban J connectivity index is 1.43. The Kier molecular flexibility index (Phi) is 7.70. The van der Waals surface area contributed by atoms with Gasteiger partial charge in [-0.05, 0) is 116 Å². The molecular formula is C31H28ClFN2O3. The van der Waals surface area contributed by atoms with E-state index < -0.39 is 5.97 Å². The van der Waals surface area contributed by atoms with Crippen LogP contribution in [0.3, 0.4) is 0 Å². The van der Waals surface area contributed by atoms with Gasteiger partial charge in [-0.2, -0.15) is 0 Å². The van der Waals surface area contributed by atoms with Crippen molar-refractivity contribution in [1.82, 2.24) is 10.3 Å². The van der Waals surface area contributed by atoms with Crippen LogP contribution in [0.25, 0.3) is 22.2 Å². The number of hydrogen-bond donors (Lipinski definition) is 2. The van der Waals surface area contributed by atoms with Crippen LogP contribution in [-0.2, 0) is 17.6 Å². The van der Waals surface area contributed by atoms with Crippen molar-refractivity contribution in [1.29, 1.82) is 0 Å². The number of carbonyl (C=O) groups excluding carboxylic acids is 1. The average Bonchev–Trinajstić information content (AvgIpc) is 2.90. The molecule has 0 aliphatic heterocycles. The van der Waals surface area contributed by atoms with E-state index >= 15 is 0 Å². The van der Waals surface area contributed by atoms with Gasteiger partial charge in [0.05, 0.1) is 17.3 Å². The summed E-state index contributed by atoms with van der Waals surface area (Å²) in [6.07, 6.45) is 4.77. The van der Waals surface area contributed by atoms with E-state index in [4.69, 9.17) is 21.7 Å². The molecule has 194 valence electrons. The number of carbonyl (C=O) groups is 2. The van der Waals surface area contributed by atoms with Crippen molar-refractivity contribution >= 4 is 34.4 Å². The van der Waals surface area contributed by atoms with Crippen LogP contribution in [0, 0.1) is 5.82 Å². The first-order chi connectivity index (χ1) is 18.4. The number of aliphatic carboxylic acids is 1. The number of aryl methyl sites for hydroxylation is 2. The van der Waals surface area contributed by atoms with Crippen LogP contribution >= 0.6 is 11.6 Å². The Bertz CT molecular complexity index is 1500. The summed E-state index contributed by atoms with van der Waals surface area (Å²) in [5, 5.41) is 13.7. The van der Waals surface area contributed by atoms with Gasteiger partial charge in [0.2, 0.25) is 0 Å². The lowest BCUT2D eigenvalue weighted by Gasteiger charge is -2.26. The fourth-order valence-electron chi connectivity index (χ4n) is 5.18. The lowest BCUT2D eigenvalue weighted by atomic mass is 9.87. The summed E-state index contributed by atoms with van der Waals surface area (Å²) in [7, 11) is 0. The SMILES string of the molecule is O=C(O)CCCCc1cc2cc(C(=O)N[C@@H]3CCCc4cc(Cl)ccc43)ccc2nc1-c1ccc(F)cc1. The van der Waals surface area contributed by atoms with Crippen LogP contribution in [0.5, 0.6) is 0 Å². The Morgan fingerprint density at radius 2 is 1.84 bits per heavy atom. The van der Waals surface area contributed by atoms with E-state index in [0.29, 0.717) is 29.8 Å².